The molecule has 0 radical (unpaired) electrons. The van der Waals surface area contributed by atoms with Crippen LogP contribution in [-0.2, 0) is 120 Å². The number of primary amides is 3. The van der Waals surface area contributed by atoms with E-state index >= 15 is 43.2 Å². The zero-order valence-electron chi connectivity index (χ0n) is 78.9. The van der Waals surface area contributed by atoms with Crippen LogP contribution in [0.5, 0.6) is 0 Å². The minimum atomic E-state index is -2.21. The number of unbranched alkanes of at least 4 members (excludes halogenated alkanes) is 1. The number of carbonyl (C=O) groups is 20. The van der Waals surface area contributed by atoms with Crippen LogP contribution in [0.1, 0.15) is 94.7 Å². The van der Waals surface area contributed by atoms with E-state index in [1.165, 1.54) is 11.8 Å². The first-order valence-corrected chi connectivity index (χ1v) is 49.3. The van der Waals surface area contributed by atoms with E-state index in [9.17, 15) is 78.3 Å². The number of aliphatic hydroxyl groups excluding tert-OH is 1. The van der Waals surface area contributed by atoms with Gasteiger partial charge < -0.3 is 126 Å². The summed E-state index contributed by atoms with van der Waals surface area (Å²) in [5, 5.41) is 84.5. The van der Waals surface area contributed by atoms with E-state index in [1.54, 1.807) is 123 Å². The van der Waals surface area contributed by atoms with Crippen molar-refractivity contribution in [2.75, 3.05) is 116 Å². The number of aromatic nitrogens is 2. The van der Waals surface area contributed by atoms with Crippen molar-refractivity contribution in [1.82, 2.24) is 98.3 Å². The Balaban J connectivity index is 1.00. The number of para-hydroxylation sites is 2. The van der Waals surface area contributed by atoms with Crippen molar-refractivity contribution >= 4 is 173 Å². The number of benzene rings is 4. The third-order valence-corrected chi connectivity index (χ3v) is 27.2. The molecule has 50 heteroatoms. The number of nitrogens with one attached hydrogen (secondary N) is 14. The molecule has 6 aromatic rings. The molecular formula is C93H124N22O26S2. The Morgan fingerprint density at radius 2 is 0.986 bits per heavy atom. The zero-order chi connectivity index (χ0) is 104. The number of ether oxygens (including phenoxy) is 1. The second kappa shape index (κ2) is 54.4. The van der Waals surface area contributed by atoms with Crippen molar-refractivity contribution in [2.24, 2.45) is 23.1 Å². The number of amides is 16. The van der Waals surface area contributed by atoms with Gasteiger partial charge in [-0.25, -0.2) is 0 Å². The van der Waals surface area contributed by atoms with Gasteiger partial charge in [-0.05, 0) is 97.4 Å². The normalized spacial score (nSPS) is 21.5. The molecule has 774 valence electrons. The van der Waals surface area contributed by atoms with E-state index in [4.69, 9.17) is 21.9 Å². The van der Waals surface area contributed by atoms with Crippen LogP contribution < -0.4 is 81.0 Å². The number of carbonyl (C=O) groups excluding carboxylic acids is 16. The Morgan fingerprint density at radius 3 is 1.52 bits per heavy atom. The number of likely N-dealkylation sites (tertiary alicyclic amines) is 1. The first-order chi connectivity index (χ1) is 68.2. The Morgan fingerprint density at radius 1 is 0.497 bits per heavy atom. The average Bonchev–Trinajstić information content (AvgIpc) is 1.68. The van der Waals surface area contributed by atoms with Gasteiger partial charge in [0.25, 0.3) is 0 Å². The van der Waals surface area contributed by atoms with Gasteiger partial charge in [0.2, 0.25) is 94.5 Å². The molecule has 48 nitrogen and oxygen atoms in total. The lowest BCUT2D eigenvalue weighted by Crippen LogP contribution is -2.63. The van der Waals surface area contributed by atoms with Crippen molar-refractivity contribution in [2.45, 2.75) is 176 Å². The molecule has 2 aromatic heterocycles. The minimum Gasteiger partial charge on any atom is -0.481 e. The highest BCUT2D eigenvalue weighted by atomic mass is 33.1. The summed E-state index contributed by atoms with van der Waals surface area (Å²) in [6.45, 7) is 1.29. The summed E-state index contributed by atoms with van der Waals surface area (Å²) in [4.78, 5) is 297. The summed E-state index contributed by atoms with van der Waals surface area (Å²) >= 11 is 0. The molecule has 13 atom stereocenters. The molecular weight excluding hydrogens is 1910 g/mol. The summed E-state index contributed by atoms with van der Waals surface area (Å²) in [6.07, 6.45) is -2.81. The monoisotopic (exact) mass is 2030 g/mol. The van der Waals surface area contributed by atoms with Crippen molar-refractivity contribution in [3.05, 3.63) is 120 Å². The van der Waals surface area contributed by atoms with Gasteiger partial charge in [-0.2, -0.15) is 0 Å². The van der Waals surface area contributed by atoms with Crippen LogP contribution in [-0.4, -0.2) is 373 Å². The molecule has 4 aromatic carbocycles. The molecule has 0 saturated carbocycles. The predicted octanol–water partition coefficient (Wildman–Crippen LogP) is -5.15. The maximum Gasteiger partial charge on any atom is 0.317 e. The number of rotatable bonds is 38. The fourth-order valence-corrected chi connectivity index (χ4v) is 19.7. The number of hydrogen-bond donors (Lipinski definition) is 22. The fourth-order valence-electron chi connectivity index (χ4n) is 17.4. The largest absolute Gasteiger partial charge is 0.481 e. The number of aliphatic carboxylic acids is 4. The summed E-state index contributed by atoms with van der Waals surface area (Å²) in [5.74, 6) is -25.2. The third kappa shape index (κ3) is 34.5. The number of fused-ring (bicyclic) bond motifs is 3. The second-order valence-electron chi connectivity index (χ2n) is 35.6. The molecule has 0 bridgehead atoms. The molecule has 4 saturated heterocycles. The van der Waals surface area contributed by atoms with Crippen LogP contribution >= 0.6 is 21.6 Å². The quantitative estimate of drug-likeness (QED) is 0.0127. The van der Waals surface area contributed by atoms with Gasteiger partial charge in [-0.1, -0.05) is 100 Å². The highest BCUT2D eigenvalue weighted by Gasteiger charge is 2.44. The molecule has 0 spiro atoms. The zero-order valence-corrected chi connectivity index (χ0v) is 80.5. The summed E-state index contributed by atoms with van der Waals surface area (Å²) in [5.41, 5.74) is 20.1. The molecule has 25 N–H and O–H groups in total. The number of nitrogens with two attached hydrogens (primary N) is 3. The minimum absolute atomic E-state index is 0.000500. The van der Waals surface area contributed by atoms with Gasteiger partial charge in [0.1, 0.15) is 72.5 Å². The van der Waals surface area contributed by atoms with Gasteiger partial charge in [0.15, 0.2) is 0 Å². The summed E-state index contributed by atoms with van der Waals surface area (Å²) < 4.78 is 5.64. The number of H-pyrrole nitrogens is 2. The molecule has 143 heavy (non-hydrogen) atoms. The topological polar surface area (TPSA) is 722 Å². The van der Waals surface area contributed by atoms with E-state index in [0.29, 0.717) is 77.3 Å². The molecule has 0 unspecified atom stereocenters. The molecule has 10 rings (SSSR count). The second-order valence-corrected chi connectivity index (χ2v) is 38.2. The molecule has 4 aliphatic rings. The SMILES string of the molecule is CC(=O)N[C@@H](Cc1c[nH]c2ccccc12)C(=O)N[C@H](C(=O)N[C@H](C(=O)N[C@H]1CSSC[C@@H](C(=O)N[C@@H](Cc2c[nH]c3ccccc23)C(=O)N2CCC[C@H]2C(N)=O)NC(=O)[C@H](CC(=O)O)NC(=O)[C@H](CCCCNC(=O)CN2CCN(CC(=O)O)CCN(CC(=O)O)CCN(CC(=O)O)CC2)NC(=O)[C@H](Cc2ccc3ccccc3c2)NC(=O)[C@H](CC(N)=O)NC(=O)[C@H](CC(N)=O)NC1=O)C1CCOCC1)[C@@H](C)O. The molecule has 4 fully saturated rings. The average molecular weight is 2030 g/mol. The van der Waals surface area contributed by atoms with Gasteiger partial charge in [-0.15, -0.1) is 0 Å². The van der Waals surface area contributed by atoms with E-state index in [1.807, 2.05) is 0 Å². The fraction of sp³-hybridized carbons (Fsp3) is 0.505. The standard InChI is InChI=1S/C93H124N22O26S2/c1-51(116)80(109-88(135)65(100-52(2)117)38-57-43-98-61-16-7-5-14-59(57)61)91(138)110-81(55-22-34-141-35-23-55)92(139)108-71-50-143-142-49-70(90(137)106-69(93(140)115-25-11-19-72(115)82(96)129)39-58-44-99-62-17-8-6-15-60(58)62)107-87(134)68(42-76(121)122)105-83(130)63(18-9-10-24-97-75(120)45-111-26-28-112(46-77(123)124)30-32-114(48-79(127)128)33-31-113(29-27-111)47-78(125)126)101-84(131)64(37-53-20-21-54-12-3-4-13-56(54)36-53)102-85(132)66(40-73(94)118)103-86(133)67(41-74(95)119)104-89(71)136/h3-8,12-17,20-21,36,43-44,51,55,63-72,80-81,98-99,116H,9-11,18-19,22-35,37-42,45-50H2,1-2H3,(H2,94,118)(H2,95,119)(H2,96,129)(H,97,120)(H,100,117)(H,101,131)(H,102,132)(H,103,133)(H,104,136)(H,105,130)(H,106,137)(H,107,134)(H,108,139)(H,109,135)(H,110,138)(H,121,122)(H,123,124)(H,125,126)(H,127,128)/t51-,63+,64+,65+,66+,67+,68+,69+,70+,71+,72+,80+,81+/m1/s1. The van der Waals surface area contributed by atoms with Crippen LogP contribution in [0.25, 0.3) is 32.6 Å². The van der Waals surface area contributed by atoms with Crippen molar-refractivity contribution in [3.8, 4) is 0 Å². The highest BCUT2D eigenvalue weighted by molar-refractivity contribution is 8.76. The van der Waals surface area contributed by atoms with Gasteiger partial charge in [0.05, 0.1) is 51.5 Å². The Hall–Kier alpha value is -13.9. The Bertz CT molecular complexity index is 5570. The van der Waals surface area contributed by atoms with E-state index in [-0.39, 0.29) is 130 Å². The number of hydrogen-bond acceptors (Lipinski definition) is 28. The van der Waals surface area contributed by atoms with Gasteiger partial charge >= 0.3 is 23.9 Å². The molecule has 0 aliphatic carbocycles. The maximum absolute atomic E-state index is 15.6. The first kappa shape index (κ1) is 111. The van der Waals surface area contributed by atoms with Crippen molar-refractivity contribution in [3.63, 3.8) is 0 Å². The van der Waals surface area contributed by atoms with Crippen LogP contribution in [0, 0.1) is 5.92 Å². The van der Waals surface area contributed by atoms with Crippen molar-refractivity contribution < 1.29 is 126 Å². The number of aliphatic hydroxyl groups is 1. The number of carboxylic acid groups (broad SMARTS) is 4. The lowest BCUT2D eigenvalue weighted by atomic mass is 9.90. The number of aromatic amines is 2. The summed E-state index contributed by atoms with van der Waals surface area (Å²) in [6, 6.07) is 4.11. The molecule has 4 aliphatic heterocycles. The van der Waals surface area contributed by atoms with Crippen molar-refractivity contribution in [1.29, 1.82) is 0 Å². The van der Waals surface area contributed by atoms with E-state index in [2.05, 4.69) is 73.8 Å². The van der Waals surface area contributed by atoms with E-state index < -0.39 is 266 Å². The summed E-state index contributed by atoms with van der Waals surface area (Å²) in [7, 11) is 1.35. The Labute approximate surface area is 828 Å². The van der Waals surface area contributed by atoms with Gasteiger partial charge in [-0.3, -0.25) is 115 Å². The van der Waals surface area contributed by atoms with Crippen LogP contribution in [0.2, 0.25) is 0 Å². The van der Waals surface area contributed by atoms with Crippen LogP contribution in [0.4, 0.5) is 0 Å². The number of carboxylic acids is 4. The molecule has 6 heterocycles. The predicted molar refractivity (Wildman–Crippen MR) is 518 cm³/mol. The van der Waals surface area contributed by atoms with Crippen LogP contribution in [0.15, 0.2) is 103 Å². The molecule has 16 amide bonds. The number of nitrogens with zero attached hydrogens (tertiary/aromatic N) is 5. The van der Waals surface area contributed by atoms with E-state index in [0.717, 1.165) is 6.92 Å². The lowest BCUT2D eigenvalue weighted by molar-refractivity contribution is -0.142. The highest BCUT2D eigenvalue weighted by Crippen LogP contribution is 2.29. The smallest absolute Gasteiger partial charge is 0.317 e. The third-order valence-electron chi connectivity index (χ3n) is 24.8. The van der Waals surface area contributed by atoms with Crippen LogP contribution in [0.3, 0.4) is 0 Å². The Kier molecular flexibility index (Phi) is 42.2. The lowest BCUT2D eigenvalue weighted by Gasteiger charge is -2.33. The first-order valence-electron chi connectivity index (χ1n) is 46.8. The van der Waals surface area contributed by atoms with Gasteiger partial charge in [0, 0.05) is 151 Å². The maximum atomic E-state index is 15.6.